The van der Waals surface area contributed by atoms with Gasteiger partial charge in [-0.05, 0) is 31.2 Å². The Hall–Kier alpha value is -2.63. The third kappa shape index (κ3) is 3.44. The quantitative estimate of drug-likeness (QED) is 0.866. The van der Waals surface area contributed by atoms with E-state index in [1.807, 2.05) is 24.3 Å². The molecule has 2 rings (SSSR count). The number of rotatable bonds is 5. The van der Waals surface area contributed by atoms with Gasteiger partial charge in [-0.1, -0.05) is 0 Å². The van der Waals surface area contributed by atoms with Crippen LogP contribution < -0.4 is 10.1 Å². The van der Waals surface area contributed by atoms with Crippen molar-refractivity contribution < 1.29 is 14.6 Å². The summed E-state index contributed by atoms with van der Waals surface area (Å²) in [6, 6.07) is 9.19. The fraction of sp³-hybridized carbons (Fsp3) is 0.214. The molecule has 6 nitrogen and oxygen atoms in total. The van der Waals surface area contributed by atoms with Crippen molar-refractivity contribution in [1.29, 1.82) is 0 Å². The van der Waals surface area contributed by atoms with Gasteiger partial charge in [0.15, 0.2) is 0 Å². The highest BCUT2D eigenvalue weighted by Crippen LogP contribution is 2.22. The van der Waals surface area contributed by atoms with E-state index < -0.39 is 5.97 Å². The van der Waals surface area contributed by atoms with Crippen molar-refractivity contribution in [3.8, 4) is 17.0 Å². The zero-order valence-corrected chi connectivity index (χ0v) is 11.3. The summed E-state index contributed by atoms with van der Waals surface area (Å²) < 4.78 is 5.11. The van der Waals surface area contributed by atoms with E-state index in [0.717, 1.165) is 17.0 Å². The van der Waals surface area contributed by atoms with E-state index in [1.165, 1.54) is 0 Å². The number of nitrogens with zero attached hydrogens (tertiary/aromatic N) is 2. The second-order valence-corrected chi connectivity index (χ2v) is 4.16. The van der Waals surface area contributed by atoms with Crippen molar-refractivity contribution in [2.24, 2.45) is 0 Å². The number of carbonyl (C=O) groups is 1. The standard InChI is InChI=1S/C14H15N3O3/c1-9-16-12(7-13(17-9)15-8-14(18)19)10-3-5-11(20-2)6-4-10/h3-7H,8H2,1-2H3,(H,18,19)(H,15,16,17). The molecule has 0 fully saturated rings. The molecule has 2 N–H and O–H groups in total. The molecule has 1 heterocycles. The fourth-order valence-corrected chi connectivity index (χ4v) is 1.73. The number of carboxylic acid groups (broad SMARTS) is 1. The first-order chi connectivity index (χ1) is 9.58. The molecule has 1 aromatic carbocycles. The second-order valence-electron chi connectivity index (χ2n) is 4.16. The van der Waals surface area contributed by atoms with Gasteiger partial charge < -0.3 is 15.2 Å². The second kappa shape index (κ2) is 6.01. The molecular formula is C14H15N3O3. The Morgan fingerprint density at radius 2 is 2.00 bits per heavy atom. The lowest BCUT2D eigenvalue weighted by atomic mass is 10.1. The normalized spacial score (nSPS) is 10.1. The molecule has 0 aliphatic carbocycles. The van der Waals surface area contributed by atoms with Crippen LogP contribution in [0.5, 0.6) is 5.75 Å². The Kier molecular flexibility index (Phi) is 4.14. The lowest BCUT2D eigenvalue weighted by Gasteiger charge is -2.08. The zero-order valence-electron chi connectivity index (χ0n) is 11.3. The lowest BCUT2D eigenvalue weighted by molar-refractivity contribution is -0.134. The highest BCUT2D eigenvalue weighted by Gasteiger charge is 2.06. The summed E-state index contributed by atoms with van der Waals surface area (Å²) in [6.07, 6.45) is 0. The number of hydrogen-bond acceptors (Lipinski definition) is 5. The average Bonchev–Trinajstić information content (AvgIpc) is 2.44. The Balaban J connectivity index is 2.28. The summed E-state index contributed by atoms with van der Waals surface area (Å²) in [4.78, 5) is 19.1. The Morgan fingerprint density at radius 3 is 2.60 bits per heavy atom. The van der Waals surface area contributed by atoms with E-state index in [2.05, 4.69) is 15.3 Å². The predicted octanol–water partition coefficient (Wildman–Crippen LogP) is 1.96. The number of ether oxygens (including phenoxy) is 1. The van der Waals surface area contributed by atoms with Gasteiger partial charge in [0.05, 0.1) is 12.8 Å². The number of anilines is 1. The zero-order chi connectivity index (χ0) is 14.5. The third-order valence-electron chi connectivity index (χ3n) is 2.64. The van der Waals surface area contributed by atoms with Crippen LogP contribution >= 0.6 is 0 Å². The van der Waals surface area contributed by atoms with E-state index in [9.17, 15) is 4.79 Å². The van der Waals surface area contributed by atoms with Crippen LogP contribution in [0.2, 0.25) is 0 Å². The molecule has 0 amide bonds. The summed E-state index contributed by atoms with van der Waals surface area (Å²) >= 11 is 0. The molecule has 0 saturated carbocycles. The van der Waals surface area contributed by atoms with Gasteiger partial charge in [-0.2, -0.15) is 0 Å². The van der Waals surface area contributed by atoms with Crippen molar-refractivity contribution in [3.05, 3.63) is 36.2 Å². The fourth-order valence-electron chi connectivity index (χ4n) is 1.73. The molecular weight excluding hydrogens is 258 g/mol. The summed E-state index contributed by atoms with van der Waals surface area (Å²) in [5, 5.41) is 11.4. The number of aromatic nitrogens is 2. The highest BCUT2D eigenvalue weighted by atomic mass is 16.5. The van der Waals surface area contributed by atoms with Gasteiger partial charge in [-0.3, -0.25) is 4.79 Å². The minimum Gasteiger partial charge on any atom is -0.497 e. The topological polar surface area (TPSA) is 84.3 Å². The summed E-state index contributed by atoms with van der Waals surface area (Å²) in [6.45, 7) is 1.58. The van der Waals surface area contributed by atoms with Crippen LogP contribution in [-0.4, -0.2) is 34.7 Å². The van der Waals surface area contributed by atoms with E-state index in [-0.39, 0.29) is 6.54 Å². The van der Waals surface area contributed by atoms with Crippen LogP contribution in [0.4, 0.5) is 5.82 Å². The molecule has 0 spiro atoms. The van der Waals surface area contributed by atoms with Crippen LogP contribution in [-0.2, 0) is 4.79 Å². The van der Waals surface area contributed by atoms with Crippen molar-refractivity contribution in [1.82, 2.24) is 9.97 Å². The highest BCUT2D eigenvalue weighted by molar-refractivity contribution is 5.73. The number of hydrogen-bond donors (Lipinski definition) is 2. The lowest BCUT2D eigenvalue weighted by Crippen LogP contribution is -2.13. The molecule has 0 unspecified atom stereocenters. The van der Waals surface area contributed by atoms with Gasteiger partial charge in [0.2, 0.25) is 0 Å². The molecule has 2 aromatic rings. The maximum atomic E-state index is 10.6. The van der Waals surface area contributed by atoms with Gasteiger partial charge >= 0.3 is 5.97 Å². The summed E-state index contributed by atoms with van der Waals surface area (Å²) in [5.41, 5.74) is 1.64. The number of aliphatic carboxylic acids is 1. The SMILES string of the molecule is COc1ccc(-c2cc(NCC(=O)O)nc(C)n2)cc1. The molecule has 0 aliphatic heterocycles. The van der Waals surface area contributed by atoms with Crippen LogP contribution in [0.3, 0.4) is 0 Å². The summed E-state index contributed by atoms with van der Waals surface area (Å²) in [5.74, 6) is 0.896. The van der Waals surface area contributed by atoms with E-state index in [1.54, 1.807) is 20.1 Å². The molecule has 0 saturated heterocycles. The van der Waals surface area contributed by atoms with Crippen LogP contribution in [0.15, 0.2) is 30.3 Å². The van der Waals surface area contributed by atoms with Gasteiger partial charge in [-0.25, -0.2) is 9.97 Å². The molecule has 0 radical (unpaired) electrons. The number of benzene rings is 1. The maximum Gasteiger partial charge on any atom is 0.322 e. The Morgan fingerprint density at radius 1 is 1.30 bits per heavy atom. The molecule has 0 atom stereocenters. The van der Waals surface area contributed by atoms with Gasteiger partial charge in [0, 0.05) is 11.6 Å². The van der Waals surface area contributed by atoms with E-state index in [4.69, 9.17) is 9.84 Å². The summed E-state index contributed by atoms with van der Waals surface area (Å²) in [7, 11) is 1.61. The molecule has 1 aromatic heterocycles. The number of nitrogens with one attached hydrogen (secondary N) is 1. The Bertz CT molecular complexity index is 612. The average molecular weight is 273 g/mol. The van der Waals surface area contributed by atoms with Gasteiger partial charge in [0.1, 0.15) is 23.9 Å². The monoisotopic (exact) mass is 273 g/mol. The Labute approximate surface area is 116 Å². The molecule has 20 heavy (non-hydrogen) atoms. The van der Waals surface area contributed by atoms with Crippen molar-refractivity contribution in [2.45, 2.75) is 6.92 Å². The van der Waals surface area contributed by atoms with Crippen molar-refractivity contribution >= 4 is 11.8 Å². The van der Waals surface area contributed by atoms with E-state index >= 15 is 0 Å². The smallest absolute Gasteiger partial charge is 0.322 e. The van der Waals surface area contributed by atoms with Gasteiger partial charge in [0.25, 0.3) is 0 Å². The van der Waals surface area contributed by atoms with Gasteiger partial charge in [-0.15, -0.1) is 0 Å². The number of aryl methyl sites for hydroxylation is 1. The van der Waals surface area contributed by atoms with Crippen LogP contribution in [0, 0.1) is 6.92 Å². The first-order valence-corrected chi connectivity index (χ1v) is 6.04. The molecule has 0 bridgehead atoms. The first-order valence-electron chi connectivity index (χ1n) is 6.04. The number of methoxy groups -OCH3 is 1. The third-order valence-corrected chi connectivity index (χ3v) is 2.64. The number of carboxylic acids is 1. The minimum atomic E-state index is -0.938. The molecule has 0 aliphatic rings. The predicted molar refractivity (Wildman–Crippen MR) is 74.9 cm³/mol. The molecule has 104 valence electrons. The van der Waals surface area contributed by atoms with Crippen LogP contribution in [0.1, 0.15) is 5.82 Å². The first kappa shape index (κ1) is 13.8. The molecule has 6 heteroatoms. The largest absolute Gasteiger partial charge is 0.497 e. The minimum absolute atomic E-state index is 0.182. The van der Waals surface area contributed by atoms with Crippen LogP contribution in [0.25, 0.3) is 11.3 Å². The van der Waals surface area contributed by atoms with Crippen molar-refractivity contribution in [3.63, 3.8) is 0 Å². The van der Waals surface area contributed by atoms with Crippen molar-refractivity contribution in [2.75, 3.05) is 19.0 Å². The maximum absolute atomic E-state index is 10.6. The van der Waals surface area contributed by atoms with E-state index in [0.29, 0.717) is 11.6 Å².